The summed E-state index contributed by atoms with van der Waals surface area (Å²) in [6.07, 6.45) is 2.72. The standard InChI is InChI=1S/C24H28N2O7S/c1-17(23(27)25-15-18-6-11-21-22(14-18)32-16-31-21)33-24(28)19-7-9-20(10-8-19)34(29,30)26-12-4-2-3-5-13-26/h6-11,14,17H,2-5,12-13,15-16H2,1H3,(H,25,27)/t17-/m1/s1. The summed E-state index contributed by atoms with van der Waals surface area (Å²) < 4.78 is 43.1. The van der Waals surface area contributed by atoms with Gasteiger partial charge in [0, 0.05) is 19.6 Å². The second-order valence-corrected chi connectivity index (χ2v) is 10.2. The number of nitrogens with zero attached hydrogens (tertiary/aromatic N) is 1. The van der Waals surface area contributed by atoms with Crippen LogP contribution >= 0.6 is 0 Å². The van der Waals surface area contributed by atoms with Crippen LogP contribution < -0.4 is 14.8 Å². The molecule has 34 heavy (non-hydrogen) atoms. The molecule has 0 bridgehead atoms. The molecule has 2 aliphatic heterocycles. The second kappa shape index (κ2) is 10.4. The Morgan fingerprint density at radius 1 is 1.00 bits per heavy atom. The number of hydrogen-bond donors (Lipinski definition) is 1. The molecule has 2 aliphatic rings. The van der Waals surface area contributed by atoms with E-state index in [1.165, 1.54) is 35.5 Å². The Morgan fingerprint density at radius 3 is 2.38 bits per heavy atom. The minimum Gasteiger partial charge on any atom is -0.454 e. The molecule has 1 fully saturated rings. The number of carbonyl (C=O) groups excluding carboxylic acids is 2. The van der Waals surface area contributed by atoms with Crippen LogP contribution in [-0.2, 0) is 26.1 Å². The van der Waals surface area contributed by atoms with Crippen molar-refractivity contribution in [1.82, 2.24) is 9.62 Å². The Balaban J connectivity index is 1.31. The molecule has 0 spiro atoms. The molecule has 1 saturated heterocycles. The number of sulfonamides is 1. The summed E-state index contributed by atoms with van der Waals surface area (Å²) >= 11 is 0. The van der Waals surface area contributed by atoms with Crippen molar-refractivity contribution in [2.75, 3.05) is 19.9 Å². The third kappa shape index (κ3) is 5.51. The maximum atomic E-state index is 12.9. The number of fused-ring (bicyclic) bond motifs is 1. The van der Waals surface area contributed by atoms with Crippen LogP contribution in [0.3, 0.4) is 0 Å². The molecule has 1 atom stereocenters. The van der Waals surface area contributed by atoms with Crippen LogP contribution in [-0.4, -0.2) is 50.6 Å². The molecule has 1 N–H and O–H groups in total. The summed E-state index contributed by atoms with van der Waals surface area (Å²) in [6.45, 7) is 2.89. The van der Waals surface area contributed by atoms with Crippen molar-refractivity contribution in [3.8, 4) is 11.5 Å². The average molecular weight is 489 g/mol. The van der Waals surface area contributed by atoms with Gasteiger partial charge < -0.3 is 19.5 Å². The van der Waals surface area contributed by atoms with Crippen molar-refractivity contribution in [1.29, 1.82) is 0 Å². The second-order valence-electron chi connectivity index (χ2n) is 8.30. The number of carbonyl (C=O) groups is 2. The SMILES string of the molecule is C[C@@H](OC(=O)c1ccc(S(=O)(=O)N2CCCCCC2)cc1)C(=O)NCc1ccc2c(c1)OCO2. The highest BCUT2D eigenvalue weighted by Gasteiger charge is 2.26. The quantitative estimate of drug-likeness (QED) is 0.597. The van der Waals surface area contributed by atoms with Crippen molar-refractivity contribution in [3.05, 3.63) is 53.6 Å². The van der Waals surface area contributed by atoms with E-state index in [1.54, 1.807) is 12.1 Å². The Morgan fingerprint density at radius 2 is 1.68 bits per heavy atom. The van der Waals surface area contributed by atoms with Crippen LogP contribution in [0.2, 0.25) is 0 Å². The Labute approximate surface area is 199 Å². The van der Waals surface area contributed by atoms with Gasteiger partial charge in [0.05, 0.1) is 10.5 Å². The molecular weight excluding hydrogens is 460 g/mol. The van der Waals surface area contributed by atoms with Gasteiger partial charge in [-0.05, 0) is 61.7 Å². The van der Waals surface area contributed by atoms with E-state index >= 15 is 0 Å². The van der Waals surface area contributed by atoms with Crippen molar-refractivity contribution in [2.45, 2.75) is 50.2 Å². The molecule has 2 aromatic carbocycles. The lowest BCUT2D eigenvalue weighted by Gasteiger charge is -2.20. The number of benzene rings is 2. The van der Waals surface area contributed by atoms with Crippen LogP contribution in [0.15, 0.2) is 47.4 Å². The molecule has 0 saturated carbocycles. The van der Waals surface area contributed by atoms with Crippen LogP contribution in [0.5, 0.6) is 11.5 Å². The van der Waals surface area contributed by atoms with Gasteiger partial charge in [-0.1, -0.05) is 18.9 Å². The molecule has 0 radical (unpaired) electrons. The van der Waals surface area contributed by atoms with Crippen LogP contribution in [0, 0.1) is 0 Å². The van der Waals surface area contributed by atoms with Gasteiger partial charge >= 0.3 is 5.97 Å². The molecule has 9 nitrogen and oxygen atoms in total. The number of hydrogen-bond acceptors (Lipinski definition) is 7. The molecule has 2 heterocycles. The first-order chi connectivity index (χ1) is 16.3. The Bertz CT molecular complexity index is 1140. The predicted octanol–water partition coefficient (Wildman–Crippen LogP) is 2.84. The van der Waals surface area contributed by atoms with Crippen molar-refractivity contribution >= 4 is 21.9 Å². The highest BCUT2D eigenvalue weighted by Crippen LogP contribution is 2.32. The zero-order valence-electron chi connectivity index (χ0n) is 19.0. The first-order valence-electron chi connectivity index (χ1n) is 11.3. The minimum absolute atomic E-state index is 0.139. The van der Waals surface area contributed by atoms with Gasteiger partial charge in [0.1, 0.15) is 0 Å². The molecule has 1 amide bonds. The lowest BCUT2D eigenvalue weighted by Crippen LogP contribution is -2.35. The molecule has 10 heteroatoms. The minimum atomic E-state index is -3.60. The highest BCUT2D eigenvalue weighted by atomic mass is 32.2. The lowest BCUT2D eigenvalue weighted by atomic mass is 10.2. The topological polar surface area (TPSA) is 111 Å². The fourth-order valence-corrected chi connectivity index (χ4v) is 5.38. The molecule has 2 aromatic rings. The van der Waals surface area contributed by atoms with Gasteiger partial charge in [0.25, 0.3) is 5.91 Å². The number of nitrogens with one attached hydrogen (secondary N) is 1. The van der Waals surface area contributed by atoms with Gasteiger partial charge in [-0.15, -0.1) is 0 Å². The van der Waals surface area contributed by atoms with Gasteiger partial charge in [-0.3, -0.25) is 4.79 Å². The first kappa shape index (κ1) is 24.0. The first-order valence-corrected chi connectivity index (χ1v) is 12.8. The summed E-state index contributed by atoms with van der Waals surface area (Å²) in [5.41, 5.74) is 0.988. The van der Waals surface area contributed by atoms with Crippen LogP contribution in [0.25, 0.3) is 0 Å². The maximum absolute atomic E-state index is 12.9. The van der Waals surface area contributed by atoms with Crippen LogP contribution in [0.1, 0.15) is 48.5 Å². The van der Waals surface area contributed by atoms with E-state index in [0.29, 0.717) is 24.6 Å². The summed E-state index contributed by atoms with van der Waals surface area (Å²) in [5, 5.41) is 2.72. The summed E-state index contributed by atoms with van der Waals surface area (Å²) in [7, 11) is -3.60. The number of rotatable bonds is 7. The van der Waals surface area contributed by atoms with Crippen molar-refractivity contribution in [3.63, 3.8) is 0 Å². The van der Waals surface area contributed by atoms with Gasteiger partial charge in [-0.2, -0.15) is 4.31 Å². The van der Waals surface area contributed by atoms with E-state index in [0.717, 1.165) is 31.2 Å². The van der Waals surface area contributed by atoms with E-state index in [9.17, 15) is 18.0 Å². The fourth-order valence-electron chi connectivity index (χ4n) is 3.86. The fraction of sp³-hybridized carbons (Fsp3) is 0.417. The lowest BCUT2D eigenvalue weighted by molar-refractivity contribution is -0.129. The molecular formula is C24H28N2O7S. The number of ether oxygens (including phenoxy) is 3. The zero-order valence-corrected chi connectivity index (χ0v) is 19.8. The molecule has 0 unspecified atom stereocenters. The smallest absolute Gasteiger partial charge is 0.338 e. The molecule has 0 aliphatic carbocycles. The van der Waals surface area contributed by atoms with E-state index in [4.69, 9.17) is 14.2 Å². The molecule has 0 aromatic heterocycles. The highest BCUT2D eigenvalue weighted by molar-refractivity contribution is 7.89. The van der Waals surface area contributed by atoms with E-state index in [1.807, 2.05) is 6.07 Å². The molecule has 182 valence electrons. The third-order valence-electron chi connectivity index (χ3n) is 5.85. The van der Waals surface area contributed by atoms with Crippen molar-refractivity contribution < 1.29 is 32.2 Å². The summed E-state index contributed by atoms with van der Waals surface area (Å²) in [6, 6.07) is 11.0. The van der Waals surface area contributed by atoms with E-state index < -0.39 is 28.0 Å². The number of amides is 1. The zero-order chi connectivity index (χ0) is 24.1. The van der Waals surface area contributed by atoms with Crippen molar-refractivity contribution in [2.24, 2.45) is 0 Å². The summed E-state index contributed by atoms with van der Waals surface area (Å²) in [5.74, 6) is 0.117. The average Bonchev–Trinajstić information content (AvgIpc) is 3.12. The third-order valence-corrected chi connectivity index (χ3v) is 7.76. The predicted molar refractivity (Wildman–Crippen MR) is 123 cm³/mol. The van der Waals surface area contributed by atoms with Gasteiger partial charge in [0.2, 0.25) is 16.8 Å². The molecule has 4 rings (SSSR count). The largest absolute Gasteiger partial charge is 0.454 e. The number of esters is 1. The Hall–Kier alpha value is -3.11. The Kier molecular flexibility index (Phi) is 7.38. The normalized spacial score (nSPS) is 17.0. The van der Waals surface area contributed by atoms with Gasteiger partial charge in [0.15, 0.2) is 17.6 Å². The van der Waals surface area contributed by atoms with Gasteiger partial charge in [-0.25, -0.2) is 13.2 Å². The van der Waals surface area contributed by atoms with Crippen LogP contribution in [0.4, 0.5) is 0 Å². The van der Waals surface area contributed by atoms with E-state index in [2.05, 4.69) is 5.32 Å². The maximum Gasteiger partial charge on any atom is 0.338 e. The monoisotopic (exact) mass is 488 g/mol. The van der Waals surface area contributed by atoms with E-state index in [-0.39, 0.29) is 23.8 Å². The summed E-state index contributed by atoms with van der Waals surface area (Å²) in [4.78, 5) is 25.0.